The second-order valence-corrected chi connectivity index (χ2v) is 12.5. The fraction of sp³-hybridized carbons (Fsp3) is 0.281. The molecule has 1 aromatic heterocycles. The van der Waals surface area contributed by atoms with Crippen LogP contribution in [0.4, 0.5) is 11.4 Å². The molecule has 0 N–H and O–H groups in total. The summed E-state index contributed by atoms with van der Waals surface area (Å²) in [5.41, 5.74) is 3.66. The van der Waals surface area contributed by atoms with Gasteiger partial charge in [-0.25, -0.2) is 9.98 Å². The van der Waals surface area contributed by atoms with Crippen LogP contribution in [0.15, 0.2) is 76.8 Å². The number of ether oxygens (including phenoxy) is 2. The molecule has 3 heterocycles. The van der Waals surface area contributed by atoms with Crippen LogP contribution in [0.2, 0.25) is 10.0 Å². The van der Waals surface area contributed by atoms with Crippen LogP contribution in [0, 0.1) is 16.7 Å². The lowest BCUT2D eigenvalue weighted by Gasteiger charge is -2.19. The van der Waals surface area contributed by atoms with E-state index in [9.17, 15) is 5.26 Å². The highest BCUT2D eigenvalue weighted by atomic mass is 35.5. The van der Waals surface area contributed by atoms with E-state index in [1.807, 2.05) is 48.5 Å². The third-order valence-corrected chi connectivity index (χ3v) is 8.02. The monoisotopic (exact) mass is 614 g/mol. The molecule has 0 radical (unpaired) electrons. The smallest absolute Gasteiger partial charge is 0.230 e. The van der Waals surface area contributed by atoms with Crippen LogP contribution in [0.5, 0.6) is 11.5 Å². The number of hydrogen-bond donors (Lipinski definition) is 0. The molecule has 1 fully saturated rings. The minimum Gasteiger partial charge on any atom is -0.497 e. The number of quaternary nitrogens is 1. The number of benzene rings is 3. The van der Waals surface area contributed by atoms with Crippen molar-refractivity contribution in [1.29, 1.82) is 5.26 Å². The van der Waals surface area contributed by atoms with Crippen LogP contribution in [-0.2, 0) is 0 Å². The molecule has 2 unspecified atom stereocenters. The van der Waals surface area contributed by atoms with Gasteiger partial charge in [0.05, 0.1) is 18.5 Å². The Bertz CT molecular complexity index is 1760. The van der Waals surface area contributed by atoms with Gasteiger partial charge in [0, 0.05) is 33.2 Å². The van der Waals surface area contributed by atoms with Crippen molar-refractivity contribution in [3.8, 4) is 29.0 Å². The highest BCUT2D eigenvalue weighted by Gasteiger charge is 2.57. The van der Waals surface area contributed by atoms with Gasteiger partial charge >= 0.3 is 0 Å². The SMILES string of the molecule is COc1ccc(OCC[N+]2(c3ccc(N=C4C(C(C)(C)C)=Nn5nc(-c6cc(Cl)cc(Cl)c6)nc54)cc3)CC2C#N)cc1. The number of fused-ring (bicyclic) bond motifs is 1. The number of hydrogen-bond acceptors (Lipinski definition) is 7. The number of aromatic nitrogens is 3. The molecule has 43 heavy (non-hydrogen) atoms. The Hall–Kier alpha value is -4.23. The summed E-state index contributed by atoms with van der Waals surface area (Å²) in [4.78, 5) is 11.3. The van der Waals surface area contributed by atoms with Crippen LogP contribution in [0.25, 0.3) is 11.4 Å². The minimum absolute atomic E-state index is 0.108. The van der Waals surface area contributed by atoms with Gasteiger partial charge in [-0.1, -0.05) is 44.0 Å². The standard InChI is InChI=1S/C32H30Cl2N7O2/c1-32(2,3)29-28(31-37-30(39-40(31)38-29)20-15-21(33)17-22(34)16-20)36-23-5-7-24(8-6-23)41(19-25(41)18-35)13-14-43-27-11-9-26(42-4)10-12-27/h5-12,15-17,25H,13-14,19H2,1-4H3/q+1. The zero-order chi connectivity index (χ0) is 30.4. The van der Waals surface area contributed by atoms with Crippen LogP contribution in [-0.4, -0.2) is 59.1 Å². The first-order valence-electron chi connectivity index (χ1n) is 13.9. The van der Waals surface area contributed by atoms with E-state index in [-0.39, 0.29) is 11.5 Å². The van der Waals surface area contributed by atoms with Gasteiger partial charge in [0.25, 0.3) is 0 Å². The van der Waals surface area contributed by atoms with Gasteiger partial charge in [-0.05, 0) is 54.6 Å². The molecule has 1 saturated heterocycles. The maximum absolute atomic E-state index is 9.75. The Balaban J connectivity index is 1.25. The number of nitrogens with zero attached hydrogens (tertiary/aromatic N) is 7. The second kappa shape index (κ2) is 11.1. The number of aliphatic imine (C=N–C) groups is 1. The van der Waals surface area contributed by atoms with E-state index >= 15 is 0 Å². The Kier molecular flexibility index (Phi) is 7.46. The lowest BCUT2D eigenvalue weighted by molar-refractivity contribution is 0.287. The third kappa shape index (κ3) is 5.74. The Labute approximate surface area is 260 Å². The summed E-state index contributed by atoms with van der Waals surface area (Å²) in [7, 11) is 1.63. The Morgan fingerprint density at radius 3 is 2.30 bits per heavy atom. The molecular weight excluding hydrogens is 585 g/mol. The van der Waals surface area contributed by atoms with E-state index in [1.54, 1.807) is 25.3 Å². The second-order valence-electron chi connectivity index (χ2n) is 11.6. The van der Waals surface area contributed by atoms with Crippen molar-refractivity contribution in [2.24, 2.45) is 15.5 Å². The normalized spacial score (nSPS) is 20.0. The maximum Gasteiger partial charge on any atom is 0.230 e. The summed E-state index contributed by atoms with van der Waals surface area (Å²) in [6.45, 7) is 8.15. The molecule has 2 atom stereocenters. The van der Waals surface area contributed by atoms with E-state index in [4.69, 9.17) is 47.8 Å². The highest BCUT2D eigenvalue weighted by Crippen LogP contribution is 2.39. The zero-order valence-electron chi connectivity index (χ0n) is 24.3. The zero-order valence-corrected chi connectivity index (χ0v) is 25.8. The topological polar surface area (TPSA) is 97.7 Å². The number of nitriles is 1. The quantitative estimate of drug-likeness (QED) is 0.158. The first kappa shape index (κ1) is 28.9. The molecular formula is C32H30Cl2N7O2+. The summed E-state index contributed by atoms with van der Waals surface area (Å²) < 4.78 is 11.8. The molecule has 0 aliphatic carbocycles. The molecule has 218 valence electrons. The first-order chi connectivity index (χ1) is 20.6. The Morgan fingerprint density at radius 2 is 1.70 bits per heavy atom. The molecule has 0 bridgehead atoms. The van der Waals surface area contributed by atoms with Crippen molar-refractivity contribution < 1.29 is 9.47 Å². The summed E-state index contributed by atoms with van der Waals surface area (Å²) in [5.74, 6) is 2.56. The van der Waals surface area contributed by atoms with Crippen molar-refractivity contribution in [2.45, 2.75) is 26.8 Å². The summed E-state index contributed by atoms with van der Waals surface area (Å²) >= 11 is 12.4. The molecule has 0 spiro atoms. The van der Waals surface area contributed by atoms with Crippen molar-refractivity contribution in [3.63, 3.8) is 0 Å². The third-order valence-electron chi connectivity index (χ3n) is 7.59. The fourth-order valence-electron chi connectivity index (χ4n) is 5.21. The predicted octanol–water partition coefficient (Wildman–Crippen LogP) is 6.94. The van der Waals surface area contributed by atoms with Crippen LogP contribution in [0.3, 0.4) is 0 Å². The number of halogens is 2. The molecule has 6 rings (SSSR count). The van der Waals surface area contributed by atoms with Gasteiger partial charge in [-0.2, -0.15) is 10.4 Å². The van der Waals surface area contributed by atoms with Crippen molar-refractivity contribution >= 4 is 46.0 Å². The van der Waals surface area contributed by atoms with Gasteiger partial charge in [-0.3, -0.25) is 4.48 Å². The molecule has 2 aliphatic rings. The minimum atomic E-state index is -0.292. The van der Waals surface area contributed by atoms with Gasteiger partial charge in [-0.15, -0.1) is 9.89 Å². The molecule has 2 aliphatic heterocycles. The van der Waals surface area contributed by atoms with Crippen LogP contribution < -0.4 is 14.0 Å². The molecule has 9 nitrogen and oxygen atoms in total. The predicted molar refractivity (Wildman–Crippen MR) is 170 cm³/mol. The van der Waals surface area contributed by atoms with Gasteiger partial charge in [0.2, 0.25) is 11.9 Å². The van der Waals surface area contributed by atoms with E-state index in [2.05, 4.69) is 31.9 Å². The van der Waals surface area contributed by atoms with E-state index in [1.165, 1.54) is 4.79 Å². The Morgan fingerprint density at radius 1 is 1.02 bits per heavy atom. The average molecular weight is 616 g/mol. The highest BCUT2D eigenvalue weighted by molar-refractivity contribution is 6.50. The average Bonchev–Trinajstić information content (AvgIpc) is 3.36. The molecule has 0 saturated carbocycles. The first-order valence-corrected chi connectivity index (χ1v) is 14.6. The summed E-state index contributed by atoms with van der Waals surface area (Å²) in [5, 5.41) is 20.1. The van der Waals surface area contributed by atoms with Gasteiger partial charge < -0.3 is 9.47 Å². The molecule has 11 heteroatoms. The van der Waals surface area contributed by atoms with E-state index in [0.717, 1.165) is 35.1 Å². The van der Waals surface area contributed by atoms with Crippen molar-refractivity contribution in [1.82, 2.24) is 19.4 Å². The number of methoxy groups -OCH3 is 1. The molecule has 3 aromatic carbocycles. The van der Waals surface area contributed by atoms with Crippen molar-refractivity contribution in [3.05, 3.63) is 82.6 Å². The summed E-state index contributed by atoms with van der Waals surface area (Å²) in [6, 6.07) is 23.1. The van der Waals surface area contributed by atoms with Gasteiger partial charge in [0.15, 0.2) is 12.4 Å². The van der Waals surface area contributed by atoms with E-state index < -0.39 is 0 Å². The van der Waals surface area contributed by atoms with Gasteiger partial charge in [0.1, 0.15) is 42.1 Å². The molecule has 0 amide bonds. The largest absolute Gasteiger partial charge is 0.497 e. The lowest BCUT2D eigenvalue weighted by Crippen LogP contribution is -2.33. The summed E-state index contributed by atoms with van der Waals surface area (Å²) in [6.07, 6.45) is 0. The van der Waals surface area contributed by atoms with E-state index in [0.29, 0.717) is 50.6 Å². The van der Waals surface area contributed by atoms with Crippen LogP contribution >= 0.6 is 23.2 Å². The van der Waals surface area contributed by atoms with Crippen LogP contribution in [0.1, 0.15) is 26.6 Å². The lowest BCUT2D eigenvalue weighted by atomic mass is 9.87. The number of rotatable bonds is 8. The van der Waals surface area contributed by atoms with Crippen molar-refractivity contribution in [2.75, 3.05) is 26.8 Å². The maximum atomic E-state index is 9.75. The molecule has 4 aromatic rings. The fourth-order valence-corrected chi connectivity index (χ4v) is 5.74.